The van der Waals surface area contributed by atoms with Crippen LogP contribution >= 0.6 is 11.8 Å². The molecule has 1 heterocycles. The number of phenols is 1. The minimum absolute atomic E-state index is 0.182. The summed E-state index contributed by atoms with van der Waals surface area (Å²) >= 11 is 1.68. The van der Waals surface area contributed by atoms with Crippen LogP contribution in [0, 0.1) is 0 Å². The molecule has 240 valence electrons. The molecule has 3 N–H and O–H groups in total. The van der Waals surface area contributed by atoms with Crippen LogP contribution in [0.5, 0.6) is 5.75 Å². The maximum atomic E-state index is 12.9. The first kappa shape index (κ1) is 36.5. The van der Waals surface area contributed by atoms with Crippen LogP contribution < -0.4 is 10.6 Å². The summed E-state index contributed by atoms with van der Waals surface area (Å²) in [4.78, 5) is 25.0. The van der Waals surface area contributed by atoms with Crippen LogP contribution in [0.3, 0.4) is 0 Å². The molecule has 2 rings (SSSR count). The van der Waals surface area contributed by atoms with E-state index in [9.17, 15) is 14.7 Å². The van der Waals surface area contributed by atoms with Crippen molar-refractivity contribution in [3.05, 3.63) is 28.8 Å². The van der Waals surface area contributed by atoms with E-state index in [1.807, 2.05) is 0 Å². The summed E-state index contributed by atoms with van der Waals surface area (Å²) in [6.07, 6.45) is 20.2. The largest absolute Gasteiger partial charge is 0.507 e. The SMILES string of the molecule is CCCCCCCCCCCCCCCCCC1(CSCc2cc(C(C)(C)C)c(O)c(C(C)(C)C)c2)NC(=O)NC1=O. The second-order valence-electron chi connectivity index (χ2n) is 14.7. The molecule has 3 amide bonds. The fraction of sp³-hybridized carbons (Fsp3) is 0.778. The van der Waals surface area contributed by atoms with Crippen LogP contribution in [0.15, 0.2) is 12.1 Å². The van der Waals surface area contributed by atoms with Crippen LogP contribution in [0.2, 0.25) is 0 Å². The number of thioether (sulfide) groups is 1. The van der Waals surface area contributed by atoms with Gasteiger partial charge >= 0.3 is 6.03 Å². The maximum absolute atomic E-state index is 12.9. The van der Waals surface area contributed by atoms with Gasteiger partial charge in [-0.3, -0.25) is 10.1 Å². The number of nitrogens with one attached hydrogen (secondary N) is 2. The number of benzene rings is 1. The number of phenolic OH excluding ortho intramolecular Hbond substituents is 1. The number of carbonyl (C=O) groups is 2. The predicted octanol–water partition coefficient (Wildman–Crippen LogP) is 10.1. The van der Waals surface area contributed by atoms with Gasteiger partial charge in [-0.2, -0.15) is 11.8 Å². The molecule has 1 aromatic rings. The Hall–Kier alpha value is -1.69. The van der Waals surface area contributed by atoms with Crippen molar-refractivity contribution < 1.29 is 14.7 Å². The minimum atomic E-state index is -0.838. The van der Waals surface area contributed by atoms with Crippen molar-refractivity contribution in [2.75, 3.05) is 5.75 Å². The summed E-state index contributed by atoms with van der Waals surface area (Å²) in [7, 11) is 0. The molecule has 0 bridgehead atoms. The van der Waals surface area contributed by atoms with E-state index in [-0.39, 0.29) is 22.8 Å². The molecule has 1 atom stereocenters. The van der Waals surface area contributed by atoms with Crippen molar-refractivity contribution in [2.24, 2.45) is 0 Å². The number of unbranched alkanes of at least 4 members (excludes halogenated alkanes) is 14. The van der Waals surface area contributed by atoms with Crippen molar-refractivity contribution in [3.8, 4) is 5.75 Å². The normalized spacial score (nSPS) is 17.5. The molecule has 5 nitrogen and oxygen atoms in total. The highest BCUT2D eigenvalue weighted by Gasteiger charge is 2.45. The van der Waals surface area contributed by atoms with Gasteiger partial charge < -0.3 is 10.4 Å². The molecule has 1 unspecified atom stereocenters. The number of amides is 3. The third-order valence-electron chi connectivity index (χ3n) is 8.62. The Bertz CT molecular complexity index is 944. The maximum Gasteiger partial charge on any atom is 0.322 e. The van der Waals surface area contributed by atoms with E-state index in [1.54, 1.807) is 11.8 Å². The summed E-state index contributed by atoms with van der Waals surface area (Å²) in [6.45, 7) is 15.0. The molecular weight excluding hydrogens is 540 g/mol. The monoisotopic (exact) mass is 602 g/mol. The highest BCUT2D eigenvalue weighted by Crippen LogP contribution is 2.40. The van der Waals surface area contributed by atoms with E-state index in [0.717, 1.165) is 35.3 Å². The quantitative estimate of drug-likeness (QED) is 0.102. The van der Waals surface area contributed by atoms with E-state index >= 15 is 0 Å². The molecule has 42 heavy (non-hydrogen) atoms. The van der Waals surface area contributed by atoms with Gasteiger partial charge in [-0.1, -0.05) is 157 Å². The highest BCUT2D eigenvalue weighted by molar-refractivity contribution is 7.98. The standard InChI is InChI=1S/C36H62N2O3S/c1-8-9-10-11-12-13-14-15-16-17-18-19-20-21-22-23-36(32(40)37-33(41)38-36)27-42-26-28-24-29(34(2,3)4)31(39)30(25-28)35(5,6)7/h24-25,39H,8-23,26-27H2,1-7H3,(H2,37,38,40,41). The molecule has 0 aromatic heterocycles. The number of carbonyl (C=O) groups excluding carboxylic acids is 2. The summed E-state index contributed by atoms with van der Waals surface area (Å²) in [5, 5.41) is 16.5. The number of rotatable bonds is 20. The molecule has 1 aliphatic rings. The van der Waals surface area contributed by atoms with Crippen LogP contribution in [0.4, 0.5) is 4.79 Å². The third kappa shape index (κ3) is 12.1. The summed E-state index contributed by atoms with van der Waals surface area (Å²) < 4.78 is 0. The molecule has 0 saturated carbocycles. The van der Waals surface area contributed by atoms with Crippen molar-refractivity contribution in [3.63, 3.8) is 0 Å². The van der Waals surface area contributed by atoms with Gasteiger partial charge in [0.05, 0.1) is 0 Å². The Kier molecular flexibility index (Phi) is 15.3. The molecule has 1 aliphatic heterocycles. The molecule has 6 heteroatoms. The average Bonchev–Trinajstić information content (AvgIpc) is 3.18. The lowest BCUT2D eigenvalue weighted by atomic mass is 9.78. The molecular formula is C36H62N2O3S. The Morgan fingerprint density at radius 2 is 1.14 bits per heavy atom. The zero-order valence-corrected chi connectivity index (χ0v) is 28.9. The van der Waals surface area contributed by atoms with Gasteiger partial charge in [0.1, 0.15) is 11.3 Å². The molecule has 1 saturated heterocycles. The number of urea groups is 1. The smallest absolute Gasteiger partial charge is 0.322 e. The topological polar surface area (TPSA) is 78.4 Å². The van der Waals surface area contributed by atoms with Gasteiger partial charge in [-0.15, -0.1) is 0 Å². The Labute approximate surface area is 262 Å². The van der Waals surface area contributed by atoms with Crippen molar-refractivity contribution in [2.45, 2.75) is 173 Å². The Morgan fingerprint density at radius 1 is 0.714 bits per heavy atom. The van der Waals surface area contributed by atoms with E-state index in [2.05, 4.69) is 71.2 Å². The van der Waals surface area contributed by atoms with Gasteiger partial charge in [0.25, 0.3) is 5.91 Å². The zero-order chi connectivity index (χ0) is 31.2. The first-order chi connectivity index (χ1) is 19.8. The lowest BCUT2D eigenvalue weighted by Gasteiger charge is -2.29. The average molecular weight is 603 g/mol. The fourth-order valence-corrected chi connectivity index (χ4v) is 7.14. The van der Waals surface area contributed by atoms with E-state index in [4.69, 9.17) is 0 Å². The second kappa shape index (κ2) is 17.6. The predicted molar refractivity (Wildman–Crippen MR) is 181 cm³/mol. The van der Waals surface area contributed by atoms with Gasteiger partial charge in [0.2, 0.25) is 0 Å². The lowest BCUT2D eigenvalue weighted by molar-refractivity contribution is -0.123. The third-order valence-corrected chi connectivity index (χ3v) is 9.86. The summed E-state index contributed by atoms with van der Waals surface area (Å²) in [5.74, 6) is 1.45. The first-order valence-corrected chi connectivity index (χ1v) is 18.0. The van der Waals surface area contributed by atoms with Gasteiger partial charge in [-0.25, -0.2) is 4.79 Å². The molecule has 1 fully saturated rings. The molecule has 1 aromatic carbocycles. The van der Waals surface area contributed by atoms with Crippen molar-refractivity contribution in [1.29, 1.82) is 0 Å². The number of hydrogen-bond acceptors (Lipinski definition) is 4. The highest BCUT2D eigenvalue weighted by atomic mass is 32.2. The van der Waals surface area contributed by atoms with Crippen molar-refractivity contribution >= 4 is 23.7 Å². The van der Waals surface area contributed by atoms with E-state index < -0.39 is 5.54 Å². The molecule has 0 aliphatic carbocycles. The van der Waals surface area contributed by atoms with Crippen LogP contribution in [0.25, 0.3) is 0 Å². The van der Waals surface area contributed by atoms with E-state index in [1.165, 1.54) is 83.5 Å². The molecule has 0 radical (unpaired) electrons. The van der Waals surface area contributed by atoms with Crippen LogP contribution in [0.1, 0.15) is 168 Å². The fourth-order valence-electron chi connectivity index (χ4n) is 5.94. The number of imide groups is 1. The summed E-state index contributed by atoms with van der Waals surface area (Å²) in [6, 6.07) is 3.83. The molecule has 0 spiro atoms. The van der Waals surface area contributed by atoms with Crippen LogP contribution in [-0.4, -0.2) is 28.3 Å². The van der Waals surface area contributed by atoms with Gasteiger partial charge in [0.15, 0.2) is 0 Å². The van der Waals surface area contributed by atoms with Gasteiger partial charge in [-0.05, 0) is 33.9 Å². The number of hydrogen-bond donors (Lipinski definition) is 3. The van der Waals surface area contributed by atoms with Crippen molar-refractivity contribution in [1.82, 2.24) is 10.6 Å². The zero-order valence-electron chi connectivity index (χ0n) is 28.1. The van der Waals surface area contributed by atoms with Gasteiger partial charge in [0, 0.05) is 11.5 Å². The first-order valence-electron chi connectivity index (χ1n) is 16.9. The Morgan fingerprint density at radius 3 is 1.52 bits per heavy atom. The van der Waals surface area contributed by atoms with E-state index in [0.29, 0.717) is 17.9 Å². The second-order valence-corrected chi connectivity index (χ2v) is 15.7. The number of aromatic hydroxyl groups is 1. The summed E-state index contributed by atoms with van der Waals surface area (Å²) in [5.41, 5.74) is 1.83. The van der Waals surface area contributed by atoms with Crippen LogP contribution in [-0.2, 0) is 21.4 Å². The Balaban J connectivity index is 1.78. The lowest BCUT2D eigenvalue weighted by Crippen LogP contribution is -2.49. The minimum Gasteiger partial charge on any atom is -0.507 e.